The Morgan fingerprint density at radius 3 is 3.11 bits per heavy atom. The summed E-state index contributed by atoms with van der Waals surface area (Å²) in [4.78, 5) is 12.3. The molecule has 1 aliphatic heterocycles. The van der Waals surface area contributed by atoms with Crippen molar-refractivity contribution in [2.24, 2.45) is 0 Å². The zero-order valence-corrected chi connectivity index (χ0v) is 5.59. The monoisotopic (exact) mass is 129 g/mol. The van der Waals surface area contributed by atoms with Gasteiger partial charge in [0.1, 0.15) is 0 Å². The molecule has 0 saturated carbocycles. The minimum atomic E-state index is -0.187. The maximum atomic E-state index is 10.7. The normalized spacial score (nSPS) is 21.0. The number of cyclic esters (lactones) is 1. The van der Waals surface area contributed by atoms with Gasteiger partial charge in [-0.15, -0.1) is 0 Å². The molecule has 0 aromatic heterocycles. The van der Waals surface area contributed by atoms with Crippen LogP contribution in [-0.2, 0) is 4.74 Å². The third-order valence-corrected chi connectivity index (χ3v) is 1.43. The lowest BCUT2D eigenvalue weighted by Gasteiger charge is -2.10. The van der Waals surface area contributed by atoms with Gasteiger partial charge in [-0.25, -0.2) is 4.79 Å². The third kappa shape index (κ3) is 1.59. The van der Waals surface area contributed by atoms with Gasteiger partial charge in [0.25, 0.3) is 0 Å². The highest BCUT2D eigenvalue weighted by Crippen LogP contribution is 2.01. The van der Waals surface area contributed by atoms with E-state index in [-0.39, 0.29) is 6.09 Å². The molecular formula is C6H11NO2. The fraction of sp³-hybridized carbons (Fsp3) is 0.833. The van der Waals surface area contributed by atoms with Crippen LogP contribution in [0.2, 0.25) is 0 Å². The fourth-order valence-corrected chi connectivity index (χ4v) is 0.812. The van der Waals surface area contributed by atoms with Gasteiger partial charge in [-0.05, 0) is 12.8 Å². The number of rotatable bonds is 0. The average molecular weight is 129 g/mol. The summed E-state index contributed by atoms with van der Waals surface area (Å²) in [6, 6.07) is 0. The van der Waals surface area contributed by atoms with Crippen LogP contribution in [0.15, 0.2) is 0 Å². The van der Waals surface area contributed by atoms with Gasteiger partial charge < -0.3 is 9.64 Å². The van der Waals surface area contributed by atoms with E-state index in [4.69, 9.17) is 4.74 Å². The molecule has 0 aliphatic carbocycles. The number of hydrogen-bond acceptors (Lipinski definition) is 2. The van der Waals surface area contributed by atoms with Crippen LogP contribution < -0.4 is 0 Å². The molecule has 3 nitrogen and oxygen atoms in total. The molecule has 1 heterocycles. The molecule has 0 aromatic rings. The largest absolute Gasteiger partial charge is 0.449 e. The lowest BCUT2D eigenvalue weighted by atomic mass is 10.3. The third-order valence-electron chi connectivity index (χ3n) is 1.43. The Kier molecular flexibility index (Phi) is 1.92. The summed E-state index contributed by atoms with van der Waals surface area (Å²) < 4.78 is 4.80. The summed E-state index contributed by atoms with van der Waals surface area (Å²) in [6.07, 6.45) is 1.87. The minimum absolute atomic E-state index is 0.187. The molecule has 1 aliphatic rings. The van der Waals surface area contributed by atoms with E-state index in [1.807, 2.05) is 0 Å². The van der Waals surface area contributed by atoms with Gasteiger partial charge in [0.15, 0.2) is 0 Å². The number of hydrogen-bond donors (Lipinski definition) is 0. The van der Waals surface area contributed by atoms with Crippen LogP contribution in [0.3, 0.4) is 0 Å². The van der Waals surface area contributed by atoms with Gasteiger partial charge in [-0.2, -0.15) is 0 Å². The summed E-state index contributed by atoms with van der Waals surface area (Å²) in [7, 11) is 1.76. The minimum Gasteiger partial charge on any atom is -0.449 e. The number of ether oxygens (including phenoxy) is 1. The Labute approximate surface area is 54.6 Å². The van der Waals surface area contributed by atoms with Crippen molar-refractivity contribution >= 4 is 6.09 Å². The van der Waals surface area contributed by atoms with Crippen LogP contribution in [0.4, 0.5) is 4.79 Å². The highest BCUT2D eigenvalue weighted by atomic mass is 16.6. The van der Waals surface area contributed by atoms with Crippen LogP contribution in [0.1, 0.15) is 12.8 Å². The van der Waals surface area contributed by atoms with Crippen molar-refractivity contribution in [1.29, 1.82) is 0 Å². The molecule has 0 spiro atoms. The molecule has 0 aromatic carbocycles. The summed E-state index contributed by atoms with van der Waals surface area (Å²) in [5.74, 6) is 0. The second-order valence-corrected chi connectivity index (χ2v) is 2.24. The molecule has 1 rings (SSSR count). The van der Waals surface area contributed by atoms with Gasteiger partial charge >= 0.3 is 6.09 Å². The van der Waals surface area contributed by atoms with Gasteiger partial charge in [0, 0.05) is 13.6 Å². The lowest BCUT2D eigenvalue weighted by molar-refractivity contribution is 0.124. The van der Waals surface area contributed by atoms with Crippen molar-refractivity contribution in [1.82, 2.24) is 4.90 Å². The molecule has 0 bridgehead atoms. The van der Waals surface area contributed by atoms with Crippen molar-refractivity contribution in [2.45, 2.75) is 12.8 Å². The molecule has 52 valence electrons. The van der Waals surface area contributed by atoms with E-state index in [9.17, 15) is 4.79 Å². The smallest absolute Gasteiger partial charge is 0.409 e. The van der Waals surface area contributed by atoms with Crippen LogP contribution in [0.5, 0.6) is 0 Å². The molecule has 0 N–H and O–H groups in total. The first-order chi connectivity index (χ1) is 4.30. The van der Waals surface area contributed by atoms with Gasteiger partial charge in [0.05, 0.1) is 6.61 Å². The molecule has 1 amide bonds. The van der Waals surface area contributed by atoms with E-state index in [1.54, 1.807) is 11.9 Å². The lowest BCUT2D eigenvalue weighted by Crippen LogP contribution is -2.25. The van der Waals surface area contributed by atoms with Crippen LogP contribution in [0, 0.1) is 0 Å². The quantitative estimate of drug-likeness (QED) is 0.485. The molecule has 1 saturated heterocycles. The number of carbonyl (C=O) groups is 1. The van der Waals surface area contributed by atoms with E-state index in [2.05, 4.69) is 0 Å². The van der Waals surface area contributed by atoms with E-state index in [0.29, 0.717) is 6.61 Å². The Hall–Kier alpha value is -0.730. The summed E-state index contributed by atoms with van der Waals surface area (Å²) >= 11 is 0. The van der Waals surface area contributed by atoms with Crippen molar-refractivity contribution in [3.8, 4) is 0 Å². The highest BCUT2D eigenvalue weighted by molar-refractivity contribution is 5.67. The zero-order chi connectivity index (χ0) is 6.69. The highest BCUT2D eigenvalue weighted by Gasteiger charge is 2.11. The first-order valence-electron chi connectivity index (χ1n) is 3.18. The first kappa shape index (κ1) is 6.39. The summed E-state index contributed by atoms with van der Waals surface area (Å²) in [6.45, 7) is 1.42. The van der Waals surface area contributed by atoms with E-state index in [1.165, 1.54) is 0 Å². The second kappa shape index (κ2) is 2.71. The second-order valence-electron chi connectivity index (χ2n) is 2.24. The number of carbonyl (C=O) groups excluding carboxylic acids is 1. The standard InChI is InChI=1S/C6H11NO2/c1-7-4-2-3-5-9-6(7)8/h2-5H2,1H3. The Balaban J connectivity index is 2.41. The van der Waals surface area contributed by atoms with Crippen molar-refractivity contribution in [3.63, 3.8) is 0 Å². The van der Waals surface area contributed by atoms with Crippen LogP contribution in [-0.4, -0.2) is 31.2 Å². The molecular weight excluding hydrogens is 118 g/mol. The maximum Gasteiger partial charge on any atom is 0.409 e. The van der Waals surface area contributed by atoms with Gasteiger partial charge in [0.2, 0.25) is 0 Å². The predicted molar refractivity (Wildman–Crippen MR) is 33.2 cm³/mol. The van der Waals surface area contributed by atoms with Crippen molar-refractivity contribution < 1.29 is 9.53 Å². The Morgan fingerprint density at radius 2 is 2.33 bits per heavy atom. The Morgan fingerprint density at radius 1 is 1.56 bits per heavy atom. The maximum absolute atomic E-state index is 10.7. The first-order valence-corrected chi connectivity index (χ1v) is 3.18. The topological polar surface area (TPSA) is 29.5 Å². The van der Waals surface area contributed by atoms with Crippen molar-refractivity contribution in [3.05, 3.63) is 0 Å². The van der Waals surface area contributed by atoms with Gasteiger partial charge in [-0.3, -0.25) is 0 Å². The SMILES string of the molecule is CN1CCCCOC1=O. The number of amides is 1. The van der Waals surface area contributed by atoms with Gasteiger partial charge in [-0.1, -0.05) is 0 Å². The van der Waals surface area contributed by atoms with Crippen molar-refractivity contribution in [2.75, 3.05) is 20.2 Å². The fourth-order valence-electron chi connectivity index (χ4n) is 0.812. The molecule has 9 heavy (non-hydrogen) atoms. The Bertz CT molecular complexity index is 114. The molecule has 0 radical (unpaired) electrons. The molecule has 1 fully saturated rings. The van der Waals surface area contributed by atoms with Crippen LogP contribution in [0.25, 0.3) is 0 Å². The molecule has 0 unspecified atom stereocenters. The average Bonchev–Trinajstić information content (AvgIpc) is 1.99. The zero-order valence-electron chi connectivity index (χ0n) is 5.59. The van der Waals surface area contributed by atoms with E-state index in [0.717, 1.165) is 19.4 Å². The van der Waals surface area contributed by atoms with E-state index < -0.39 is 0 Å². The van der Waals surface area contributed by atoms with Crippen LogP contribution >= 0.6 is 0 Å². The summed E-state index contributed by atoms with van der Waals surface area (Å²) in [5, 5.41) is 0. The summed E-state index contributed by atoms with van der Waals surface area (Å²) in [5.41, 5.74) is 0. The number of nitrogens with zero attached hydrogens (tertiary/aromatic N) is 1. The molecule has 3 heteroatoms. The van der Waals surface area contributed by atoms with E-state index >= 15 is 0 Å². The molecule has 0 atom stereocenters. The predicted octanol–water partition coefficient (Wildman–Crippen LogP) is 0.849.